The van der Waals surface area contributed by atoms with E-state index in [9.17, 15) is 22.8 Å². The average Bonchev–Trinajstić information content (AvgIpc) is 2.82. The summed E-state index contributed by atoms with van der Waals surface area (Å²) in [6.45, 7) is 6.08. The summed E-state index contributed by atoms with van der Waals surface area (Å²) in [6.07, 6.45) is -1.56. The number of unbranched alkanes of at least 4 members (excludes halogenated alkanes) is 3. The van der Waals surface area contributed by atoms with Gasteiger partial charge in [-0.15, -0.1) is 0 Å². The summed E-state index contributed by atoms with van der Waals surface area (Å²) >= 11 is 0. The SMILES string of the molecule is CCOCCOC(=O)C1=C(C)NC(C)=C(C(=O)OCCCCCCN)C1c1ccccc1C(F)(F)F. The molecular weight excluding hydrogens is 477 g/mol. The Labute approximate surface area is 209 Å². The topological polar surface area (TPSA) is 99.9 Å². The second-order valence-corrected chi connectivity index (χ2v) is 8.39. The number of carbonyl (C=O) groups is 2. The Hall–Kier alpha value is -2.85. The number of benzene rings is 1. The van der Waals surface area contributed by atoms with E-state index in [4.69, 9.17) is 19.9 Å². The van der Waals surface area contributed by atoms with Crippen molar-refractivity contribution in [3.05, 3.63) is 57.9 Å². The number of dihydropyridines is 1. The highest BCUT2D eigenvalue weighted by atomic mass is 19.4. The molecule has 0 aliphatic carbocycles. The third kappa shape index (κ3) is 7.83. The summed E-state index contributed by atoms with van der Waals surface area (Å²) in [6, 6.07) is 4.91. The van der Waals surface area contributed by atoms with Gasteiger partial charge in [0.1, 0.15) is 6.61 Å². The van der Waals surface area contributed by atoms with Crippen molar-refractivity contribution in [2.45, 2.75) is 58.5 Å². The van der Waals surface area contributed by atoms with Crippen molar-refractivity contribution in [3.8, 4) is 0 Å². The lowest BCUT2D eigenvalue weighted by atomic mass is 9.78. The van der Waals surface area contributed by atoms with Crippen LogP contribution in [-0.2, 0) is 30.0 Å². The van der Waals surface area contributed by atoms with E-state index in [1.807, 2.05) is 0 Å². The van der Waals surface area contributed by atoms with Crippen molar-refractivity contribution >= 4 is 11.9 Å². The molecule has 36 heavy (non-hydrogen) atoms. The van der Waals surface area contributed by atoms with Crippen LogP contribution in [0.5, 0.6) is 0 Å². The number of carbonyl (C=O) groups excluding carboxylic acids is 2. The Balaban J connectivity index is 2.45. The smallest absolute Gasteiger partial charge is 0.416 e. The summed E-state index contributed by atoms with van der Waals surface area (Å²) in [7, 11) is 0. The lowest BCUT2D eigenvalue weighted by Crippen LogP contribution is -2.33. The summed E-state index contributed by atoms with van der Waals surface area (Å²) in [5.41, 5.74) is 4.79. The molecule has 1 aromatic rings. The largest absolute Gasteiger partial charge is 0.462 e. The minimum absolute atomic E-state index is 0.0592. The second kappa shape index (κ2) is 14.0. The van der Waals surface area contributed by atoms with Gasteiger partial charge in [-0.1, -0.05) is 31.0 Å². The molecule has 0 saturated heterocycles. The molecule has 7 nitrogen and oxygen atoms in total. The van der Waals surface area contributed by atoms with E-state index in [2.05, 4.69) is 5.32 Å². The van der Waals surface area contributed by atoms with E-state index in [1.54, 1.807) is 20.8 Å². The molecule has 0 spiro atoms. The molecule has 0 radical (unpaired) electrons. The lowest BCUT2D eigenvalue weighted by molar-refractivity contribution is -0.143. The normalized spacial score (nSPS) is 16.1. The number of allylic oxidation sites excluding steroid dienone is 2. The van der Waals surface area contributed by atoms with Gasteiger partial charge in [0.15, 0.2) is 0 Å². The fraction of sp³-hybridized carbons (Fsp3) is 0.538. The van der Waals surface area contributed by atoms with E-state index in [0.29, 0.717) is 31.0 Å². The van der Waals surface area contributed by atoms with E-state index in [1.165, 1.54) is 18.2 Å². The molecule has 1 heterocycles. The van der Waals surface area contributed by atoms with E-state index >= 15 is 0 Å². The Morgan fingerprint density at radius 1 is 0.917 bits per heavy atom. The van der Waals surface area contributed by atoms with Crippen LogP contribution < -0.4 is 11.1 Å². The number of esters is 2. The van der Waals surface area contributed by atoms with Gasteiger partial charge < -0.3 is 25.3 Å². The van der Waals surface area contributed by atoms with Crippen LogP contribution in [0.15, 0.2) is 46.8 Å². The highest BCUT2D eigenvalue weighted by Gasteiger charge is 2.43. The third-order valence-corrected chi connectivity index (χ3v) is 5.77. The van der Waals surface area contributed by atoms with Gasteiger partial charge in [-0.3, -0.25) is 0 Å². The van der Waals surface area contributed by atoms with Crippen molar-refractivity contribution in [1.82, 2.24) is 5.32 Å². The zero-order valence-electron chi connectivity index (χ0n) is 21.0. The van der Waals surface area contributed by atoms with Gasteiger partial charge in [-0.05, 0) is 51.8 Å². The molecule has 1 aromatic carbocycles. The highest BCUT2D eigenvalue weighted by molar-refractivity contribution is 6.00. The maximum atomic E-state index is 14.0. The lowest BCUT2D eigenvalue weighted by Gasteiger charge is -2.32. The predicted molar refractivity (Wildman–Crippen MR) is 129 cm³/mol. The van der Waals surface area contributed by atoms with Gasteiger partial charge in [0.2, 0.25) is 0 Å². The molecule has 1 aliphatic rings. The molecule has 0 saturated carbocycles. The number of nitrogens with one attached hydrogen (secondary N) is 1. The van der Waals surface area contributed by atoms with E-state index < -0.39 is 29.6 Å². The molecule has 3 N–H and O–H groups in total. The minimum Gasteiger partial charge on any atom is -0.462 e. The number of ether oxygens (including phenoxy) is 3. The first kappa shape index (κ1) is 29.4. The maximum Gasteiger partial charge on any atom is 0.416 e. The van der Waals surface area contributed by atoms with Crippen molar-refractivity contribution in [2.24, 2.45) is 5.73 Å². The molecule has 0 bridgehead atoms. The molecule has 1 atom stereocenters. The minimum atomic E-state index is -4.70. The van der Waals surface area contributed by atoms with Crippen LogP contribution in [0.4, 0.5) is 13.2 Å². The van der Waals surface area contributed by atoms with E-state index in [-0.39, 0.29) is 36.5 Å². The van der Waals surface area contributed by atoms with Crippen LogP contribution in [0, 0.1) is 0 Å². The molecule has 0 fully saturated rings. The number of halogens is 3. The molecule has 1 unspecified atom stereocenters. The van der Waals surface area contributed by atoms with Gasteiger partial charge in [0.25, 0.3) is 0 Å². The van der Waals surface area contributed by atoms with Crippen LogP contribution in [-0.4, -0.2) is 44.9 Å². The number of hydrogen-bond donors (Lipinski definition) is 2. The summed E-state index contributed by atoms with van der Waals surface area (Å²) in [5, 5.41) is 2.95. The summed E-state index contributed by atoms with van der Waals surface area (Å²) in [5.74, 6) is -2.94. The number of alkyl halides is 3. The van der Waals surface area contributed by atoms with Crippen molar-refractivity contribution in [2.75, 3.05) is 33.0 Å². The fourth-order valence-electron chi connectivity index (χ4n) is 4.11. The van der Waals surface area contributed by atoms with Gasteiger partial charge in [0, 0.05) is 18.0 Å². The first-order valence-electron chi connectivity index (χ1n) is 12.1. The van der Waals surface area contributed by atoms with Gasteiger partial charge in [-0.2, -0.15) is 13.2 Å². The predicted octanol–water partition coefficient (Wildman–Crippen LogP) is 4.58. The highest BCUT2D eigenvalue weighted by Crippen LogP contribution is 2.44. The Bertz CT molecular complexity index is 973. The second-order valence-electron chi connectivity index (χ2n) is 8.39. The number of nitrogens with two attached hydrogens (primary N) is 1. The van der Waals surface area contributed by atoms with Gasteiger partial charge >= 0.3 is 18.1 Å². The van der Waals surface area contributed by atoms with Crippen LogP contribution in [0.2, 0.25) is 0 Å². The fourth-order valence-corrected chi connectivity index (χ4v) is 4.11. The Morgan fingerprint density at radius 2 is 1.50 bits per heavy atom. The van der Waals surface area contributed by atoms with Gasteiger partial charge in [0.05, 0.1) is 35.8 Å². The molecule has 10 heteroatoms. The van der Waals surface area contributed by atoms with Gasteiger partial charge in [-0.25, -0.2) is 9.59 Å². The quantitative estimate of drug-likeness (QED) is 0.295. The number of hydrogen-bond acceptors (Lipinski definition) is 7. The molecule has 0 aromatic heterocycles. The van der Waals surface area contributed by atoms with Crippen LogP contribution >= 0.6 is 0 Å². The van der Waals surface area contributed by atoms with Crippen molar-refractivity contribution < 1.29 is 37.0 Å². The summed E-state index contributed by atoms with van der Waals surface area (Å²) < 4.78 is 57.9. The average molecular weight is 513 g/mol. The van der Waals surface area contributed by atoms with Crippen LogP contribution in [0.1, 0.15) is 63.5 Å². The molecule has 2 rings (SSSR count). The number of rotatable bonds is 13. The zero-order chi connectivity index (χ0) is 26.7. The zero-order valence-corrected chi connectivity index (χ0v) is 21.0. The van der Waals surface area contributed by atoms with Crippen molar-refractivity contribution in [1.29, 1.82) is 0 Å². The van der Waals surface area contributed by atoms with E-state index in [0.717, 1.165) is 25.3 Å². The first-order valence-corrected chi connectivity index (χ1v) is 12.1. The molecule has 0 amide bonds. The third-order valence-electron chi connectivity index (χ3n) is 5.77. The molecule has 200 valence electrons. The molecular formula is C26H35F3N2O5. The first-order chi connectivity index (χ1) is 17.1. The Kier molecular flexibility index (Phi) is 11.5. The van der Waals surface area contributed by atoms with Crippen molar-refractivity contribution in [3.63, 3.8) is 0 Å². The summed E-state index contributed by atoms with van der Waals surface area (Å²) in [4.78, 5) is 26.3. The molecule has 1 aliphatic heterocycles. The Morgan fingerprint density at radius 3 is 2.08 bits per heavy atom. The standard InChI is InChI=1S/C26H35F3N2O5/c1-4-34-15-16-36-25(33)22-18(3)31-17(2)21(24(32)35-14-10-6-5-9-13-30)23(22)19-11-7-8-12-20(19)26(27,28)29/h7-8,11-12,23,31H,4-6,9-10,13-16,30H2,1-3H3. The van der Waals surface area contributed by atoms with Crippen LogP contribution in [0.3, 0.4) is 0 Å². The maximum absolute atomic E-state index is 14.0. The van der Waals surface area contributed by atoms with Crippen LogP contribution in [0.25, 0.3) is 0 Å². The monoisotopic (exact) mass is 512 g/mol.